The van der Waals surface area contributed by atoms with Crippen LogP contribution in [-0.2, 0) is 0 Å². The minimum atomic E-state index is -0.125. The molecule has 0 saturated carbocycles. The number of hydrogen-bond acceptors (Lipinski definition) is 2. The second kappa shape index (κ2) is 3.74. The molecule has 2 nitrogen and oxygen atoms in total. The van der Waals surface area contributed by atoms with E-state index >= 15 is 0 Å². The molecule has 0 spiro atoms. The average molecular weight is 141 g/mol. The summed E-state index contributed by atoms with van der Waals surface area (Å²) in [6, 6.07) is 0. The number of hydrogen-bond donors (Lipinski definition) is 2. The van der Waals surface area contributed by atoms with E-state index in [1.54, 1.807) is 0 Å². The van der Waals surface area contributed by atoms with Gasteiger partial charge in [-0.25, -0.2) is 0 Å². The van der Waals surface area contributed by atoms with E-state index in [-0.39, 0.29) is 6.10 Å². The standard InChI is InChI=1S/C8H15NO/c1-2-3-4-7-5-9-6-8(7)10/h2,7-10H,1,3-6H2/t7-,8-/m1/s1. The molecule has 58 valence electrons. The normalized spacial score (nSPS) is 32.5. The van der Waals surface area contributed by atoms with E-state index in [4.69, 9.17) is 0 Å². The second-order valence-electron chi connectivity index (χ2n) is 2.85. The summed E-state index contributed by atoms with van der Waals surface area (Å²) >= 11 is 0. The van der Waals surface area contributed by atoms with Crippen molar-refractivity contribution < 1.29 is 5.11 Å². The fraction of sp³-hybridized carbons (Fsp3) is 0.750. The number of β-amino-alcohol motifs (C(OH)–C–C–N with tert-alkyl or cyclic N) is 1. The Labute approximate surface area is 61.9 Å². The van der Waals surface area contributed by atoms with Crippen molar-refractivity contribution in [1.29, 1.82) is 0 Å². The highest BCUT2D eigenvalue weighted by atomic mass is 16.3. The van der Waals surface area contributed by atoms with Gasteiger partial charge < -0.3 is 10.4 Å². The minimum Gasteiger partial charge on any atom is -0.391 e. The Hall–Kier alpha value is -0.340. The minimum absolute atomic E-state index is 0.125. The van der Waals surface area contributed by atoms with Gasteiger partial charge in [0.15, 0.2) is 0 Å². The van der Waals surface area contributed by atoms with Crippen LogP contribution in [0.2, 0.25) is 0 Å². The van der Waals surface area contributed by atoms with Crippen molar-refractivity contribution in [2.45, 2.75) is 18.9 Å². The zero-order valence-corrected chi connectivity index (χ0v) is 6.21. The van der Waals surface area contributed by atoms with Gasteiger partial charge in [-0.1, -0.05) is 6.08 Å². The van der Waals surface area contributed by atoms with E-state index in [2.05, 4.69) is 11.9 Å². The van der Waals surface area contributed by atoms with Crippen LogP contribution in [0.5, 0.6) is 0 Å². The van der Waals surface area contributed by atoms with Crippen LogP contribution in [0.25, 0.3) is 0 Å². The Morgan fingerprint density at radius 1 is 1.60 bits per heavy atom. The molecule has 2 N–H and O–H groups in total. The van der Waals surface area contributed by atoms with Crippen molar-refractivity contribution in [3.63, 3.8) is 0 Å². The van der Waals surface area contributed by atoms with Gasteiger partial charge in [-0.3, -0.25) is 0 Å². The molecular weight excluding hydrogens is 126 g/mol. The van der Waals surface area contributed by atoms with Gasteiger partial charge in [0.1, 0.15) is 0 Å². The monoisotopic (exact) mass is 141 g/mol. The van der Waals surface area contributed by atoms with Crippen LogP contribution < -0.4 is 5.32 Å². The van der Waals surface area contributed by atoms with Gasteiger partial charge in [0, 0.05) is 13.1 Å². The molecule has 0 amide bonds. The van der Waals surface area contributed by atoms with E-state index < -0.39 is 0 Å². The smallest absolute Gasteiger partial charge is 0.0704 e. The predicted octanol–water partition coefficient (Wildman–Crippen LogP) is 0.533. The summed E-state index contributed by atoms with van der Waals surface area (Å²) < 4.78 is 0. The molecule has 2 atom stereocenters. The lowest BCUT2D eigenvalue weighted by Gasteiger charge is -2.10. The van der Waals surface area contributed by atoms with Gasteiger partial charge in [-0.2, -0.15) is 0 Å². The lowest BCUT2D eigenvalue weighted by Crippen LogP contribution is -2.17. The van der Waals surface area contributed by atoms with Crippen molar-refractivity contribution in [3.8, 4) is 0 Å². The highest BCUT2D eigenvalue weighted by molar-refractivity contribution is 4.82. The quantitative estimate of drug-likeness (QED) is 0.562. The van der Waals surface area contributed by atoms with E-state index in [1.807, 2.05) is 6.08 Å². The van der Waals surface area contributed by atoms with Crippen LogP contribution in [0.4, 0.5) is 0 Å². The molecule has 0 unspecified atom stereocenters. The number of nitrogens with one attached hydrogen (secondary N) is 1. The first kappa shape index (κ1) is 7.76. The number of aliphatic hydroxyl groups is 1. The number of aliphatic hydroxyl groups excluding tert-OH is 1. The predicted molar refractivity (Wildman–Crippen MR) is 41.8 cm³/mol. The molecule has 0 bridgehead atoms. The zero-order chi connectivity index (χ0) is 7.40. The first-order valence-electron chi connectivity index (χ1n) is 3.84. The van der Waals surface area contributed by atoms with Crippen molar-refractivity contribution in [2.24, 2.45) is 5.92 Å². The molecule has 0 aliphatic carbocycles. The summed E-state index contributed by atoms with van der Waals surface area (Å²) in [5, 5.41) is 12.5. The molecule has 2 heteroatoms. The Balaban J connectivity index is 2.19. The third-order valence-corrected chi connectivity index (χ3v) is 2.05. The second-order valence-corrected chi connectivity index (χ2v) is 2.85. The summed E-state index contributed by atoms with van der Waals surface area (Å²) in [4.78, 5) is 0. The SMILES string of the molecule is C=CCC[C@@H]1CNC[C@H]1O. The summed E-state index contributed by atoms with van der Waals surface area (Å²) in [7, 11) is 0. The molecule has 0 aromatic rings. The van der Waals surface area contributed by atoms with Gasteiger partial charge in [0.25, 0.3) is 0 Å². The van der Waals surface area contributed by atoms with Gasteiger partial charge in [0.05, 0.1) is 6.10 Å². The van der Waals surface area contributed by atoms with E-state index in [1.165, 1.54) is 0 Å². The summed E-state index contributed by atoms with van der Waals surface area (Å²) in [6.45, 7) is 5.38. The fourth-order valence-electron chi connectivity index (χ4n) is 1.35. The van der Waals surface area contributed by atoms with Crippen molar-refractivity contribution in [3.05, 3.63) is 12.7 Å². The van der Waals surface area contributed by atoms with E-state index in [0.29, 0.717) is 5.92 Å². The largest absolute Gasteiger partial charge is 0.391 e. The highest BCUT2D eigenvalue weighted by Gasteiger charge is 2.23. The Morgan fingerprint density at radius 2 is 2.40 bits per heavy atom. The van der Waals surface area contributed by atoms with Gasteiger partial charge in [-0.05, 0) is 18.8 Å². The summed E-state index contributed by atoms with van der Waals surface area (Å²) in [6.07, 6.45) is 3.87. The lowest BCUT2D eigenvalue weighted by molar-refractivity contribution is 0.143. The molecule has 0 aromatic heterocycles. The van der Waals surface area contributed by atoms with Crippen LogP contribution in [0, 0.1) is 5.92 Å². The lowest BCUT2D eigenvalue weighted by atomic mass is 10.0. The zero-order valence-electron chi connectivity index (χ0n) is 6.21. The third-order valence-electron chi connectivity index (χ3n) is 2.05. The summed E-state index contributed by atoms with van der Waals surface area (Å²) in [5.41, 5.74) is 0. The number of rotatable bonds is 3. The Kier molecular flexibility index (Phi) is 2.90. The summed E-state index contributed by atoms with van der Waals surface area (Å²) in [5.74, 6) is 0.456. The van der Waals surface area contributed by atoms with E-state index in [0.717, 1.165) is 25.9 Å². The number of allylic oxidation sites excluding steroid dienone is 1. The molecule has 0 radical (unpaired) electrons. The van der Waals surface area contributed by atoms with Crippen LogP contribution in [0.1, 0.15) is 12.8 Å². The van der Waals surface area contributed by atoms with Crippen molar-refractivity contribution in [2.75, 3.05) is 13.1 Å². The highest BCUT2D eigenvalue weighted by Crippen LogP contribution is 2.14. The molecule has 0 aromatic carbocycles. The maximum atomic E-state index is 9.32. The van der Waals surface area contributed by atoms with Crippen LogP contribution in [0.3, 0.4) is 0 Å². The van der Waals surface area contributed by atoms with Gasteiger partial charge >= 0.3 is 0 Å². The molecule has 1 rings (SSSR count). The van der Waals surface area contributed by atoms with Crippen LogP contribution >= 0.6 is 0 Å². The Morgan fingerprint density at radius 3 is 2.90 bits per heavy atom. The third kappa shape index (κ3) is 1.82. The maximum Gasteiger partial charge on any atom is 0.0704 e. The molecule has 1 saturated heterocycles. The molecular formula is C8H15NO. The molecule has 1 heterocycles. The van der Waals surface area contributed by atoms with Crippen LogP contribution in [-0.4, -0.2) is 24.3 Å². The molecule has 1 fully saturated rings. The Bertz CT molecular complexity index is 114. The molecule has 1 aliphatic heterocycles. The van der Waals surface area contributed by atoms with Crippen LogP contribution in [0.15, 0.2) is 12.7 Å². The van der Waals surface area contributed by atoms with E-state index in [9.17, 15) is 5.11 Å². The molecule has 1 aliphatic rings. The average Bonchev–Trinajstić information content (AvgIpc) is 2.31. The first-order chi connectivity index (χ1) is 4.84. The first-order valence-corrected chi connectivity index (χ1v) is 3.84. The van der Waals surface area contributed by atoms with Gasteiger partial charge in [0.2, 0.25) is 0 Å². The fourth-order valence-corrected chi connectivity index (χ4v) is 1.35. The van der Waals surface area contributed by atoms with Gasteiger partial charge in [-0.15, -0.1) is 6.58 Å². The van der Waals surface area contributed by atoms with Crippen molar-refractivity contribution in [1.82, 2.24) is 5.32 Å². The molecule has 10 heavy (non-hydrogen) atoms. The topological polar surface area (TPSA) is 32.3 Å². The van der Waals surface area contributed by atoms with Crippen molar-refractivity contribution >= 4 is 0 Å². The maximum absolute atomic E-state index is 9.32.